The van der Waals surface area contributed by atoms with Gasteiger partial charge < -0.3 is 15.3 Å². The van der Waals surface area contributed by atoms with E-state index in [0.717, 1.165) is 25.9 Å². The van der Waals surface area contributed by atoms with Crippen LogP contribution >= 0.6 is 0 Å². The minimum Gasteiger partial charge on any atom is -0.481 e. The Morgan fingerprint density at radius 2 is 1.78 bits per heavy atom. The number of carboxylic acid groups (broad SMARTS) is 1. The van der Waals surface area contributed by atoms with E-state index in [0.29, 0.717) is 25.9 Å². The first-order valence-corrected chi connectivity index (χ1v) is 9.92. The molecule has 0 unspecified atom stereocenters. The average molecular weight is 373 g/mol. The van der Waals surface area contributed by atoms with Crippen molar-refractivity contribution in [2.24, 2.45) is 5.92 Å². The third-order valence-electron chi connectivity index (χ3n) is 5.98. The molecule has 1 aromatic carbocycles. The molecule has 1 heterocycles. The lowest BCUT2D eigenvalue weighted by molar-refractivity contribution is -0.142. The number of carboxylic acids is 1. The molecule has 2 aliphatic rings. The van der Waals surface area contributed by atoms with Crippen molar-refractivity contribution < 1.29 is 14.7 Å². The summed E-state index contributed by atoms with van der Waals surface area (Å²) in [5.74, 6) is -0.963. The number of benzene rings is 1. The number of piperazine rings is 1. The molecule has 1 aliphatic carbocycles. The lowest BCUT2D eigenvalue weighted by atomic mass is 9.86. The van der Waals surface area contributed by atoms with Gasteiger partial charge in [0, 0.05) is 37.8 Å². The highest BCUT2D eigenvalue weighted by Gasteiger charge is 2.36. The van der Waals surface area contributed by atoms with Crippen LogP contribution in [0, 0.1) is 5.92 Å². The first-order valence-electron chi connectivity index (χ1n) is 9.92. The van der Waals surface area contributed by atoms with Crippen LogP contribution in [0.1, 0.15) is 45.1 Å². The molecule has 27 heavy (non-hydrogen) atoms. The van der Waals surface area contributed by atoms with Gasteiger partial charge in [-0.3, -0.25) is 9.69 Å². The van der Waals surface area contributed by atoms with Crippen LogP contribution < -0.4 is 5.32 Å². The van der Waals surface area contributed by atoms with Gasteiger partial charge in [-0.15, -0.1) is 0 Å². The molecule has 1 saturated heterocycles. The highest BCUT2D eigenvalue weighted by atomic mass is 16.4. The predicted molar refractivity (Wildman–Crippen MR) is 104 cm³/mol. The first kappa shape index (κ1) is 19.7. The van der Waals surface area contributed by atoms with Gasteiger partial charge in [0.25, 0.3) is 0 Å². The maximum atomic E-state index is 12.7. The quantitative estimate of drug-likeness (QED) is 0.851. The minimum atomic E-state index is -0.712. The summed E-state index contributed by atoms with van der Waals surface area (Å²) in [5, 5.41) is 12.2. The van der Waals surface area contributed by atoms with Crippen LogP contribution in [0.5, 0.6) is 0 Å². The maximum absolute atomic E-state index is 12.7. The molecule has 2 amide bonds. The molecular formula is C21H31N3O3. The van der Waals surface area contributed by atoms with E-state index >= 15 is 0 Å². The van der Waals surface area contributed by atoms with Crippen molar-refractivity contribution in [3.05, 3.63) is 35.9 Å². The number of urea groups is 1. The molecule has 6 heteroatoms. The van der Waals surface area contributed by atoms with Gasteiger partial charge in [-0.2, -0.15) is 0 Å². The molecule has 0 bridgehead atoms. The molecule has 1 aromatic rings. The largest absolute Gasteiger partial charge is 0.481 e. The topological polar surface area (TPSA) is 72.9 Å². The van der Waals surface area contributed by atoms with E-state index in [2.05, 4.69) is 48.3 Å². The van der Waals surface area contributed by atoms with Crippen LogP contribution in [0.25, 0.3) is 0 Å². The van der Waals surface area contributed by atoms with Gasteiger partial charge in [-0.1, -0.05) is 30.3 Å². The molecule has 0 aromatic heterocycles. The van der Waals surface area contributed by atoms with E-state index < -0.39 is 5.97 Å². The Morgan fingerprint density at radius 1 is 1.11 bits per heavy atom. The minimum absolute atomic E-state index is 0.0128. The molecule has 0 spiro atoms. The predicted octanol–water partition coefficient (Wildman–Crippen LogP) is 2.94. The molecular weight excluding hydrogens is 342 g/mol. The number of hydrogen-bond donors (Lipinski definition) is 2. The Labute approximate surface area is 161 Å². The van der Waals surface area contributed by atoms with Crippen molar-refractivity contribution in [3.8, 4) is 0 Å². The van der Waals surface area contributed by atoms with E-state index in [9.17, 15) is 9.59 Å². The van der Waals surface area contributed by atoms with Gasteiger partial charge in [0.1, 0.15) is 0 Å². The summed E-state index contributed by atoms with van der Waals surface area (Å²) in [6.07, 6.45) is 2.80. The fraction of sp³-hybridized carbons (Fsp3) is 0.619. The second-order valence-corrected chi connectivity index (χ2v) is 8.48. The van der Waals surface area contributed by atoms with Gasteiger partial charge >= 0.3 is 12.0 Å². The number of amides is 2. The molecule has 2 N–H and O–H groups in total. The summed E-state index contributed by atoms with van der Waals surface area (Å²) in [6.45, 7) is 7.52. The lowest BCUT2D eigenvalue weighted by Gasteiger charge is -2.47. The number of hydrogen-bond acceptors (Lipinski definition) is 3. The number of carbonyl (C=O) groups excluding carboxylic acids is 1. The third kappa shape index (κ3) is 5.01. The van der Waals surface area contributed by atoms with Crippen LogP contribution in [0.15, 0.2) is 30.3 Å². The maximum Gasteiger partial charge on any atom is 0.317 e. The van der Waals surface area contributed by atoms with Crippen molar-refractivity contribution >= 4 is 12.0 Å². The number of rotatable bonds is 4. The molecule has 3 rings (SSSR count). The SMILES string of the molecule is CC1(C)CN(C(=O)NC2CCC(C(=O)O)CC2)CCN1Cc1ccccc1. The monoisotopic (exact) mass is 373 g/mol. The Morgan fingerprint density at radius 3 is 2.37 bits per heavy atom. The molecule has 1 aliphatic heterocycles. The van der Waals surface area contributed by atoms with Gasteiger partial charge in [0.15, 0.2) is 0 Å². The highest BCUT2D eigenvalue weighted by Crippen LogP contribution is 2.26. The van der Waals surface area contributed by atoms with E-state index in [1.54, 1.807) is 0 Å². The van der Waals surface area contributed by atoms with Crippen LogP contribution in [-0.4, -0.2) is 58.1 Å². The molecule has 2 fully saturated rings. The first-order chi connectivity index (χ1) is 12.8. The highest BCUT2D eigenvalue weighted by molar-refractivity contribution is 5.75. The Hall–Kier alpha value is -2.08. The normalized spacial score (nSPS) is 25.8. The van der Waals surface area contributed by atoms with Crippen molar-refractivity contribution in [1.29, 1.82) is 0 Å². The molecule has 1 saturated carbocycles. The summed E-state index contributed by atoms with van der Waals surface area (Å²) >= 11 is 0. The van der Waals surface area contributed by atoms with Gasteiger partial charge in [-0.25, -0.2) is 4.79 Å². The number of nitrogens with one attached hydrogen (secondary N) is 1. The van der Waals surface area contributed by atoms with Gasteiger partial charge in [0.05, 0.1) is 5.92 Å². The Bertz CT molecular complexity index is 654. The fourth-order valence-electron chi connectivity index (χ4n) is 4.21. The van der Waals surface area contributed by atoms with Crippen molar-refractivity contribution in [3.63, 3.8) is 0 Å². The van der Waals surface area contributed by atoms with Crippen LogP contribution in [-0.2, 0) is 11.3 Å². The molecule has 148 valence electrons. The van der Waals surface area contributed by atoms with Crippen molar-refractivity contribution in [1.82, 2.24) is 15.1 Å². The number of carbonyl (C=O) groups is 2. The Kier molecular flexibility index (Phi) is 6.05. The van der Waals surface area contributed by atoms with Crippen molar-refractivity contribution in [2.75, 3.05) is 19.6 Å². The Balaban J connectivity index is 1.51. The smallest absolute Gasteiger partial charge is 0.317 e. The zero-order valence-electron chi connectivity index (χ0n) is 16.4. The lowest BCUT2D eigenvalue weighted by Crippen LogP contribution is -2.62. The summed E-state index contributed by atoms with van der Waals surface area (Å²) in [5.41, 5.74) is 1.20. The number of nitrogens with zero attached hydrogens (tertiary/aromatic N) is 2. The van der Waals surface area contributed by atoms with Gasteiger partial charge in [0.2, 0.25) is 0 Å². The third-order valence-corrected chi connectivity index (χ3v) is 5.98. The number of aliphatic carboxylic acids is 1. The second-order valence-electron chi connectivity index (χ2n) is 8.48. The van der Waals surface area contributed by atoms with E-state index in [-0.39, 0.29) is 23.5 Å². The summed E-state index contributed by atoms with van der Waals surface area (Å²) < 4.78 is 0. The summed E-state index contributed by atoms with van der Waals surface area (Å²) in [6, 6.07) is 10.5. The van der Waals surface area contributed by atoms with Crippen molar-refractivity contribution in [2.45, 2.75) is 57.7 Å². The van der Waals surface area contributed by atoms with Crippen LogP contribution in [0.3, 0.4) is 0 Å². The summed E-state index contributed by atoms with van der Waals surface area (Å²) in [4.78, 5) is 28.1. The fourth-order valence-corrected chi connectivity index (χ4v) is 4.21. The van der Waals surface area contributed by atoms with Crippen LogP contribution in [0.4, 0.5) is 4.79 Å². The zero-order valence-corrected chi connectivity index (χ0v) is 16.4. The zero-order chi connectivity index (χ0) is 19.4. The summed E-state index contributed by atoms with van der Waals surface area (Å²) in [7, 11) is 0. The molecule has 0 atom stereocenters. The van der Waals surface area contributed by atoms with E-state index in [1.807, 2.05) is 11.0 Å². The van der Waals surface area contributed by atoms with Gasteiger partial charge in [-0.05, 0) is 45.1 Å². The second kappa shape index (κ2) is 8.30. The average Bonchev–Trinajstić information content (AvgIpc) is 2.64. The molecule has 6 nitrogen and oxygen atoms in total. The molecule has 0 radical (unpaired) electrons. The van der Waals surface area contributed by atoms with E-state index in [4.69, 9.17) is 5.11 Å². The standard InChI is InChI=1S/C21H31N3O3/c1-21(2)15-23(12-13-24(21)14-16-6-4-3-5-7-16)20(27)22-18-10-8-17(9-11-18)19(25)26/h3-7,17-18H,8-15H2,1-2H3,(H,22,27)(H,25,26). The van der Waals surface area contributed by atoms with E-state index in [1.165, 1.54) is 5.56 Å². The van der Waals surface area contributed by atoms with Crippen LogP contribution in [0.2, 0.25) is 0 Å².